The van der Waals surface area contributed by atoms with E-state index in [0.29, 0.717) is 0 Å². The Kier molecular flexibility index (Phi) is 6.42. The highest BCUT2D eigenvalue weighted by Gasteiger charge is 2.41. The molecule has 7 heteroatoms. The van der Waals surface area contributed by atoms with Gasteiger partial charge in [0, 0.05) is 19.8 Å². The summed E-state index contributed by atoms with van der Waals surface area (Å²) in [4.78, 5) is 0. The fourth-order valence-corrected chi connectivity index (χ4v) is 2.95. The minimum atomic E-state index is -4.26. The summed E-state index contributed by atoms with van der Waals surface area (Å²) in [5, 5.41) is 25.7. The number of aliphatic hydroxyl groups excluding tert-OH is 3. The van der Waals surface area contributed by atoms with Crippen molar-refractivity contribution in [2.45, 2.75) is 31.4 Å². The van der Waals surface area contributed by atoms with E-state index in [0.717, 1.165) is 0 Å². The van der Waals surface area contributed by atoms with Crippen molar-refractivity contribution < 1.29 is 28.3 Å². The van der Waals surface area contributed by atoms with Crippen molar-refractivity contribution in [3.63, 3.8) is 0 Å². The molecule has 0 rings (SSSR count). The third-order valence-corrected chi connectivity index (χ3v) is 4.53. The standard InChI is InChI=1S/C9H20O6S/c1-8(16(13,14)15)9(2-5-10,3-6-11)4-7-12/h8,10-12H,2-7H2,1H3,(H,13,14,15). The second-order valence-corrected chi connectivity index (χ2v) is 5.68. The summed E-state index contributed by atoms with van der Waals surface area (Å²) in [6.07, 6.45) is 0.319. The molecule has 0 radical (unpaired) electrons. The van der Waals surface area contributed by atoms with Crippen LogP contribution in [0, 0.1) is 5.41 Å². The first kappa shape index (κ1) is 15.8. The van der Waals surface area contributed by atoms with Gasteiger partial charge in [-0.25, -0.2) is 0 Å². The molecule has 4 N–H and O–H groups in total. The maximum Gasteiger partial charge on any atom is 0.268 e. The van der Waals surface area contributed by atoms with Crippen molar-refractivity contribution >= 4 is 10.1 Å². The summed E-state index contributed by atoms with van der Waals surface area (Å²) in [5.41, 5.74) is -0.994. The molecule has 0 aliphatic heterocycles. The lowest BCUT2D eigenvalue weighted by Gasteiger charge is -2.36. The summed E-state index contributed by atoms with van der Waals surface area (Å²) in [6, 6.07) is 0. The Hall–Kier alpha value is -0.210. The Morgan fingerprint density at radius 3 is 1.50 bits per heavy atom. The molecule has 16 heavy (non-hydrogen) atoms. The lowest BCUT2D eigenvalue weighted by atomic mass is 9.76. The first-order valence-electron chi connectivity index (χ1n) is 5.13. The van der Waals surface area contributed by atoms with Crippen LogP contribution in [0.3, 0.4) is 0 Å². The summed E-state index contributed by atoms with van der Waals surface area (Å²) in [5.74, 6) is 0. The maximum atomic E-state index is 11.1. The first-order chi connectivity index (χ1) is 7.34. The van der Waals surface area contributed by atoms with Crippen LogP contribution in [0.2, 0.25) is 0 Å². The van der Waals surface area contributed by atoms with Gasteiger partial charge in [-0.2, -0.15) is 8.42 Å². The Morgan fingerprint density at radius 2 is 1.31 bits per heavy atom. The summed E-state index contributed by atoms with van der Waals surface area (Å²) < 4.78 is 31.3. The van der Waals surface area contributed by atoms with Crippen LogP contribution in [0.15, 0.2) is 0 Å². The average Bonchev–Trinajstić information content (AvgIpc) is 2.16. The Labute approximate surface area is 95.7 Å². The maximum absolute atomic E-state index is 11.1. The van der Waals surface area contributed by atoms with Gasteiger partial charge in [-0.3, -0.25) is 4.55 Å². The van der Waals surface area contributed by atoms with Crippen molar-refractivity contribution in [3.05, 3.63) is 0 Å². The Morgan fingerprint density at radius 1 is 1.00 bits per heavy atom. The molecule has 98 valence electrons. The van der Waals surface area contributed by atoms with Crippen molar-refractivity contribution in [1.29, 1.82) is 0 Å². The molecule has 0 aliphatic carbocycles. The monoisotopic (exact) mass is 256 g/mol. The van der Waals surface area contributed by atoms with E-state index < -0.39 is 20.8 Å². The van der Waals surface area contributed by atoms with Crippen LogP contribution in [0.5, 0.6) is 0 Å². The van der Waals surface area contributed by atoms with Crippen molar-refractivity contribution in [2.75, 3.05) is 19.8 Å². The predicted molar refractivity (Wildman–Crippen MR) is 58.6 cm³/mol. The quantitative estimate of drug-likeness (QED) is 0.431. The second-order valence-electron chi connectivity index (χ2n) is 3.94. The highest BCUT2D eigenvalue weighted by molar-refractivity contribution is 7.86. The van der Waals surface area contributed by atoms with E-state index in [9.17, 15) is 8.42 Å². The molecule has 0 aromatic heterocycles. The zero-order valence-electron chi connectivity index (χ0n) is 9.33. The van der Waals surface area contributed by atoms with Crippen LogP contribution in [0.1, 0.15) is 26.2 Å². The van der Waals surface area contributed by atoms with Gasteiger partial charge in [-0.05, 0) is 31.6 Å². The van der Waals surface area contributed by atoms with Gasteiger partial charge in [0.25, 0.3) is 10.1 Å². The Bertz CT molecular complexity index is 269. The number of hydrogen-bond acceptors (Lipinski definition) is 5. The van der Waals surface area contributed by atoms with E-state index in [1.54, 1.807) is 0 Å². The van der Waals surface area contributed by atoms with E-state index in [1.807, 2.05) is 0 Å². The fraction of sp³-hybridized carbons (Fsp3) is 1.00. The van der Waals surface area contributed by atoms with Gasteiger partial charge in [0.05, 0.1) is 5.25 Å². The molecule has 0 saturated carbocycles. The van der Waals surface area contributed by atoms with Crippen LogP contribution in [0.25, 0.3) is 0 Å². The van der Waals surface area contributed by atoms with Gasteiger partial charge in [0.1, 0.15) is 0 Å². The summed E-state index contributed by atoms with van der Waals surface area (Å²) in [6.45, 7) is 0.524. The second kappa shape index (κ2) is 6.51. The van der Waals surface area contributed by atoms with Gasteiger partial charge in [0.15, 0.2) is 0 Å². The molecule has 0 amide bonds. The molecule has 0 fully saturated rings. The highest BCUT2D eigenvalue weighted by Crippen LogP contribution is 2.37. The van der Waals surface area contributed by atoms with E-state index >= 15 is 0 Å². The smallest absolute Gasteiger partial charge is 0.268 e. The molecule has 6 nitrogen and oxygen atoms in total. The molecular formula is C9H20O6S. The lowest BCUT2D eigenvalue weighted by molar-refractivity contribution is 0.0960. The molecule has 0 aromatic rings. The number of aliphatic hydroxyl groups is 3. The van der Waals surface area contributed by atoms with Crippen LogP contribution in [-0.4, -0.2) is 53.4 Å². The lowest BCUT2D eigenvalue weighted by Crippen LogP contribution is -2.41. The van der Waals surface area contributed by atoms with E-state index in [-0.39, 0.29) is 39.1 Å². The average molecular weight is 256 g/mol. The van der Waals surface area contributed by atoms with Gasteiger partial charge >= 0.3 is 0 Å². The fourth-order valence-electron chi connectivity index (χ4n) is 1.97. The van der Waals surface area contributed by atoms with Crippen LogP contribution >= 0.6 is 0 Å². The molecule has 0 bridgehead atoms. The van der Waals surface area contributed by atoms with Crippen molar-refractivity contribution in [3.8, 4) is 0 Å². The molecule has 0 aromatic carbocycles. The van der Waals surface area contributed by atoms with E-state index in [2.05, 4.69) is 0 Å². The minimum Gasteiger partial charge on any atom is -0.396 e. The van der Waals surface area contributed by atoms with Crippen molar-refractivity contribution in [1.82, 2.24) is 0 Å². The molecular weight excluding hydrogens is 236 g/mol. The number of rotatable bonds is 8. The molecule has 1 unspecified atom stereocenters. The summed E-state index contributed by atoms with van der Waals surface area (Å²) >= 11 is 0. The third-order valence-electron chi connectivity index (χ3n) is 3.14. The largest absolute Gasteiger partial charge is 0.396 e. The van der Waals surface area contributed by atoms with Crippen LogP contribution < -0.4 is 0 Å². The molecule has 0 aliphatic rings. The number of hydrogen-bond donors (Lipinski definition) is 4. The summed E-state index contributed by atoms with van der Waals surface area (Å²) in [7, 11) is -4.26. The molecule has 0 heterocycles. The Balaban J connectivity index is 5.14. The molecule has 1 atom stereocenters. The minimum absolute atomic E-state index is 0.106. The molecule has 0 spiro atoms. The molecule has 0 saturated heterocycles. The van der Waals surface area contributed by atoms with Gasteiger partial charge < -0.3 is 15.3 Å². The van der Waals surface area contributed by atoms with Crippen LogP contribution in [0.4, 0.5) is 0 Å². The van der Waals surface area contributed by atoms with Gasteiger partial charge in [-0.15, -0.1) is 0 Å². The normalized spacial score (nSPS) is 15.1. The van der Waals surface area contributed by atoms with Gasteiger partial charge in [0.2, 0.25) is 0 Å². The zero-order valence-corrected chi connectivity index (χ0v) is 10.2. The third kappa shape index (κ3) is 3.99. The van der Waals surface area contributed by atoms with E-state index in [4.69, 9.17) is 19.9 Å². The zero-order chi connectivity index (χ0) is 12.8. The van der Waals surface area contributed by atoms with Crippen LogP contribution in [-0.2, 0) is 10.1 Å². The topological polar surface area (TPSA) is 115 Å². The van der Waals surface area contributed by atoms with Crippen molar-refractivity contribution in [2.24, 2.45) is 5.41 Å². The highest BCUT2D eigenvalue weighted by atomic mass is 32.2. The van der Waals surface area contributed by atoms with E-state index in [1.165, 1.54) is 6.92 Å². The SMILES string of the molecule is CC(C(CCO)(CCO)CCO)S(=O)(=O)O. The predicted octanol–water partition coefficient (Wildman–Crippen LogP) is -0.604. The van der Waals surface area contributed by atoms with Gasteiger partial charge in [-0.1, -0.05) is 0 Å². The first-order valence-corrected chi connectivity index (χ1v) is 6.63.